The Morgan fingerprint density at radius 1 is 1.04 bits per heavy atom. The lowest BCUT2D eigenvalue weighted by Gasteiger charge is -2.08. The molecule has 1 amide bonds. The van der Waals surface area contributed by atoms with E-state index in [1.54, 1.807) is 23.1 Å². The van der Waals surface area contributed by atoms with Crippen molar-refractivity contribution in [2.75, 3.05) is 6.54 Å². The fraction of sp³-hybridized carbons (Fsp3) is 0.150. The van der Waals surface area contributed by atoms with E-state index in [0.717, 1.165) is 18.7 Å². The standard InChI is InChI=1S/C20H19N5O/c26-20(17-6-8-18(9-7-17)25-15-21-14-23-25)22-11-3-12-24-13-10-16-4-1-2-5-19(16)24/h1-2,4-10,13-15H,3,11-12H2,(H,22,26). The van der Waals surface area contributed by atoms with Crippen LogP contribution in [0.25, 0.3) is 16.6 Å². The van der Waals surface area contributed by atoms with E-state index in [-0.39, 0.29) is 5.91 Å². The lowest BCUT2D eigenvalue weighted by atomic mass is 10.2. The molecule has 0 aliphatic rings. The molecule has 2 heterocycles. The molecule has 4 aromatic rings. The number of aromatic nitrogens is 4. The number of carbonyl (C=O) groups excluding carboxylic acids is 1. The summed E-state index contributed by atoms with van der Waals surface area (Å²) in [6, 6.07) is 17.7. The quantitative estimate of drug-likeness (QED) is 0.546. The van der Waals surface area contributed by atoms with Gasteiger partial charge in [-0.2, -0.15) is 5.10 Å². The molecule has 0 unspecified atom stereocenters. The van der Waals surface area contributed by atoms with Gasteiger partial charge in [0.1, 0.15) is 12.7 Å². The van der Waals surface area contributed by atoms with Gasteiger partial charge in [0.25, 0.3) is 5.91 Å². The Balaban J connectivity index is 1.30. The summed E-state index contributed by atoms with van der Waals surface area (Å²) in [5, 5.41) is 8.29. The molecule has 130 valence electrons. The summed E-state index contributed by atoms with van der Waals surface area (Å²) >= 11 is 0. The molecule has 4 rings (SSSR count). The molecule has 0 fully saturated rings. The van der Waals surface area contributed by atoms with Crippen LogP contribution in [0.3, 0.4) is 0 Å². The van der Waals surface area contributed by atoms with Crippen LogP contribution in [0.4, 0.5) is 0 Å². The van der Waals surface area contributed by atoms with Crippen LogP contribution < -0.4 is 5.32 Å². The molecular formula is C20H19N5O. The van der Waals surface area contributed by atoms with Crippen molar-refractivity contribution in [2.24, 2.45) is 0 Å². The lowest BCUT2D eigenvalue weighted by Crippen LogP contribution is -2.25. The molecule has 0 spiro atoms. The van der Waals surface area contributed by atoms with Crippen molar-refractivity contribution in [1.82, 2.24) is 24.6 Å². The third-order valence-electron chi connectivity index (χ3n) is 4.35. The summed E-state index contributed by atoms with van der Waals surface area (Å²) < 4.78 is 3.87. The molecule has 0 radical (unpaired) electrons. The first kappa shape index (κ1) is 16.1. The second-order valence-corrected chi connectivity index (χ2v) is 6.06. The highest BCUT2D eigenvalue weighted by Gasteiger charge is 2.06. The molecule has 2 aromatic carbocycles. The summed E-state index contributed by atoms with van der Waals surface area (Å²) in [5.74, 6) is -0.0625. The van der Waals surface area contributed by atoms with Crippen LogP contribution in [0.15, 0.2) is 73.4 Å². The maximum Gasteiger partial charge on any atom is 0.251 e. The Kier molecular flexibility index (Phi) is 4.47. The number of nitrogens with one attached hydrogen (secondary N) is 1. The van der Waals surface area contributed by atoms with Gasteiger partial charge in [-0.15, -0.1) is 0 Å². The van der Waals surface area contributed by atoms with E-state index in [4.69, 9.17) is 0 Å². The third kappa shape index (κ3) is 3.35. The number of amides is 1. The molecule has 0 saturated heterocycles. The number of fused-ring (bicyclic) bond motifs is 1. The van der Waals surface area contributed by atoms with Crippen LogP contribution in [0.5, 0.6) is 0 Å². The highest BCUT2D eigenvalue weighted by molar-refractivity contribution is 5.94. The van der Waals surface area contributed by atoms with Crippen LogP contribution in [0, 0.1) is 0 Å². The number of rotatable bonds is 6. The Hall–Kier alpha value is -3.41. The van der Waals surface area contributed by atoms with Gasteiger partial charge in [0, 0.05) is 30.4 Å². The maximum atomic E-state index is 12.3. The van der Waals surface area contributed by atoms with E-state index in [2.05, 4.69) is 44.4 Å². The Morgan fingerprint density at radius 2 is 1.88 bits per heavy atom. The number of para-hydroxylation sites is 1. The van der Waals surface area contributed by atoms with Crippen LogP contribution in [0.2, 0.25) is 0 Å². The number of hydrogen-bond acceptors (Lipinski definition) is 3. The second-order valence-electron chi connectivity index (χ2n) is 6.06. The van der Waals surface area contributed by atoms with Crippen molar-refractivity contribution in [2.45, 2.75) is 13.0 Å². The van der Waals surface area contributed by atoms with E-state index in [1.165, 1.54) is 17.2 Å². The summed E-state index contributed by atoms with van der Waals surface area (Å²) in [4.78, 5) is 16.2. The predicted octanol–water partition coefficient (Wildman–Crippen LogP) is 3.04. The SMILES string of the molecule is O=C(NCCCn1ccc2ccccc21)c1ccc(-n2cncn2)cc1. The molecular weight excluding hydrogens is 326 g/mol. The van der Waals surface area contributed by atoms with Gasteiger partial charge >= 0.3 is 0 Å². The van der Waals surface area contributed by atoms with E-state index < -0.39 is 0 Å². The summed E-state index contributed by atoms with van der Waals surface area (Å²) in [6.07, 6.45) is 6.07. The smallest absolute Gasteiger partial charge is 0.251 e. The largest absolute Gasteiger partial charge is 0.352 e. The average molecular weight is 345 g/mol. The molecule has 0 bridgehead atoms. The van der Waals surface area contributed by atoms with Crippen LogP contribution in [0.1, 0.15) is 16.8 Å². The second kappa shape index (κ2) is 7.23. The van der Waals surface area contributed by atoms with Gasteiger partial charge in [-0.3, -0.25) is 4.79 Å². The van der Waals surface area contributed by atoms with E-state index in [0.29, 0.717) is 12.1 Å². The number of nitrogens with zero attached hydrogens (tertiary/aromatic N) is 4. The zero-order valence-corrected chi connectivity index (χ0v) is 14.2. The molecule has 0 saturated carbocycles. The Labute approximate surface area is 151 Å². The van der Waals surface area contributed by atoms with Gasteiger partial charge in [0.05, 0.1) is 5.69 Å². The molecule has 6 nitrogen and oxygen atoms in total. The van der Waals surface area contributed by atoms with Gasteiger partial charge in [-0.1, -0.05) is 18.2 Å². The average Bonchev–Trinajstić information content (AvgIpc) is 3.35. The van der Waals surface area contributed by atoms with Gasteiger partial charge in [0.15, 0.2) is 0 Å². The predicted molar refractivity (Wildman–Crippen MR) is 100 cm³/mol. The van der Waals surface area contributed by atoms with Gasteiger partial charge in [-0.05, 0) is 48.2 Å². The normalized spacial score (nSPS) is 10.9. The molecule has 1 N–H and O–H groups in total. The van der Waals surface area contributed by atoms with Crippen molar-refractivity contribution < 1.29 is 4.79 Å². The van der Waals surface area contributed by atoms with E-state index in [9.17, 15) is 4.79 Å². The monoisotopic (exact) mass is 345 g/mol. The highest BCUT2D eigenvalue weighted by atomic mass is 16.1. The van der Waals surface area contributed by atoms with Crippen molar-refractivity contribution in [3.63, 3.8) is 0 Å². The highest BCUT2D eigenvalue weighted by Crippen LogP contribution is 2.15. The van der Waals surface area contributed by atoms with E-state index >= 15 is 0 Å². The van der Waals surface area contributed by atoms with Gasteiger partial charge < -0.3 is 9.88 Å². The van der Waals surface area contributed by atoms with Crippen molar-refractivity contribution >= 4 is 16.8 Å². The summed E-state index contributed by atoms with van der Waals surface area (Å²) in [5.41, 5.74) is 2.74. The Bertz CT molecular complexity index is 1000. The van der Waals surface area contributed by atoms with E-state index in [1.807, 2.05) is 24.3 Å². The molecule has 0 aliphatic carbocycles. The van der Waals surface area contributed by atoms with Crippen molar-refractivity contribution in [1.29, 1.82) is 0 Å². The first-order valence-electron chi connectivity index (χ1n) is 8.58. The fourth-order valence-corrected chi connectivity index (χ4v) is 3.00. The minimum Gasteiger partial charge on any atom is -0.352 e. The zero-order chi connectivity index (χ0) is 17.8. The molecule has 2 aromatic heterocycles. The van der Waals surface area contributed by atoms with Crippen molar-refractivity contribution in [3.8, 4) is 5.69 Å². The van der Waals surface area contributed by atoms with Crippen molar-refractivity contribution in [3.05, 3.63) is 79.0 Å². The van der Waals surface area contributed by atoms with Gasteiger partial charge in [0.2, 0.25) is 0 Å². The molecule has 0 atom stereocenters. The third-order valence-corrected chi connectivity index (χ3v) is 4.35. The first-order valence-corrected chi connectivity index (χ1v) is 8.58. The minimum atomic E-state index is -0.0625. The molecule has 6 heteroatoms. The number of aryl methyl sites for hydroxylation is 1. The first-order chi connectivity index (χ1) is 12.8. The number of carbonyl (C=O) groups is 1. The van der Waals surface area contributed by atoms with Gasteiger partial charge in [-0.25, -0.2) is 9.67 Å². The molecule has 26 heavy (non-hydrogen) atoms. The van der Waals surface area contributed by atoms with Crippen LogP contribution >= 0.6 is 0 Å². The van der Waals surface area contributed by atoms with Crippen LogP contribution in [-0.2, 0) is 6.54 Å². The number of benzene rings is 2. The summed E-state index contributed by atoms with van der Waals surface area (Å²) in [6.45, 7) is 1.51. The minimum absolute atomic E-state index is 0.0625. The van der Waals surface area contributed by atoms with Crippen LogP contribution in [-0.4, -0.2) is 31.8 Å². The number of hydrogen-bond donors (Lipinski definition) is 1. The fourth-order valence-electron chi connectivity index (χ4n) is 3.00. The lowest BCUT2D eigenvalue weighted by molar-refractivity contribution is 0.0953. The molecule has 0 aliphatic heterocycles. The zero-order valence-electron chi connectivity index (χ0n) is 14.2. The topological polar surface area (TPSA) is 64.7 Å². The maximum absolute atomic E-state index is 12.3. The Morgan fingerprint density at radius 3 is 2.69 bits per heavy atom. The summed E-state index contributed by atoms with van der Waals surface area (Å²) in [7, 11) is 0.